The number of rotatable bonds is 10. The van der Waals surface area contributed by atoms with Gasteiger partial charge in [-0.2, -0.15) is 0 Å². The van der Waals surface area contributed by atoms with Crippen LogP contribution in [0.3, 0.4) is 0 Å². The third kappa shape index (κ3) is 5.82. The Morgan fingerprint density at radius 3 is 2.65 bits per heavy atom. The monoisotopic (exact) mass is 550 g/mol. The predicted octanol–water partition coefficient (Wildman–Crippen LogP) is 6.53. The van der Waals surface area contributed by atoms with Crippen LogP contribution in [0.1, 0.15) is 110 Å². The third-order valence-electron chi connectivity index (χ3n) is 10.8. The largest absolute Gasteiger partial charge is 0.425 e. The zero-order chi connectivity index (χ0) is 28.5. The van der Waals surface area contributed by atoms with Gasteiger partial charge in [-0.05, 0) is 92.1 Å². The number of unbranched alkanes of at least 4 members (excludes halogenated alkanes) is 2. The molecule has 5 rings (SSSR count). The second-order valence-electron chi connectivity index (χ2n) is 13.5. The maximum Gasteiger partial charge on any atom is 0.225 e. The van der Waals surface area contributed by atoms with Gasteiger partial charge in [-0.1, -0.05) is 70.1 Å². The fourth-order valence-corrected chi connectivity index (χ4v) is 8.06. The Bertz CT molecular complexity index is 1140. The van der Waals surface area contributed by atoms with Crippen LogP contribution in [-0.4, -0.2) is 43.8 Å². The molecule has 3 N–H and O–H groups in total. The molecule has 0 aromatic carbocycles. The highest BCUT2D eigenvalue weighted by Crippen LogP contribution is 2.60. The first-order valence-corrected chi connectivity index (χ1v) is 15.8. The van der Waals surface area contributed by atoms with Crippen LogP contribution in [0.5, 0.6) is 0 Å². The molecule has 4 aliphatic rings. The van der Waals surface area contributed by atoms with Crippen molar-refractivity contribution in [2.45, 2.75) is 128 Å². The zero-order valence-electron chi connectivity index (χ0n) is 24.8. The Kier molecular flexibility index (Phi) is 8.89. The smallest absolute Gasteiger partial charge is 0.225 e. The lowest BCUT2D eigenvalue weighted by Crippen LogP contribution is -2.35. The van der Waals surface area contributed by atoms with Crippen molar-refractivity contribution in [1.29, 1.82) is 0 Å². The second kappa shape index (κ2) is 12.1. The molecule has 4 fully saturated rings. The van der Waals surface area contributed by atoms with E-state index >= 15 is 0 Å². The summed E-state index contributed by atoms with van der Waals surface area (Å²) in [5, 5.41) is 40.2. The SMILES string of the molecule is C=C1C(=CC=C2CCC[C@]3(C)[C@@H]([C@H](C)C=C[C@@H](O)C4(c5nnc(CCCCC)o5)CC4)CC[C@@H]23)C[C@@H](O)C[C@@H]1O. The minimum Gasteiger partial charge on any atom is -0.425 e. The molecular formula is C34H50N2O4. The molecule has 7 atom stereocenters. The number of fused-ring (bicyclic) bond motifs is 1. The fourth-order valence-electron chi connectivity index (χ4n) is 8.06. The number of aliphatic hydroxyl groups is 3. The highest BCUT2D eigenvalue weighted by Gasteiger charge is 2.54. The van der Waals surface area contributed by atoms with Crippen molar-refractivity contribution in [3.8, 4) is 0 Å². The van der Waals surface area contributed by atoms with Gasteiger partial charge in [-0.3, -0.25) is 0 Å². The van der Waals surface area contributed by atoms with E-state index in [0.29, 0.717) is 42.4 Å². The van der Waals surface area contributed by atoms with Gasteiger partial charge in [0.25, 0.3) is 0 Å². The number of hydrogen-bond acceptors (Lipinski definition) is 6. The molecule has 1 aromatic rings. The molecule has 6 nitrogen and oxygen atoms in total. The number of allylic oxidation sites excluding steroid dienone is 4. The van der Waals surface area contributed by atoms with E-state index in [0.717, 1.165) is 56.1 Å². The third-order valence-corrected chi connectivity index (χ3v) is 10.8. The quantitative estimate of drug-likeness (QED) is 0.226. The summed E-state index contributed by atoms with van der Waals surface area (Å²) in [7, 11) is 0. The van der Waals surface area contributed by atoms with Crippen LogP contribution in [0.25, 0.3) is 0 Å². The maximum absolute atomic E-state index is 11.2. The highest BCUT2D eigenvalue weighted by atomic mass is 16.4. The first-order chi connectivity index (χ1) is 19.2. The lowest BCUT2D eigenvalue weighted by Gasteiger charge is -2.44. The molecule has 0 bridgehead atoms. The van der Waals surface area contributed by atoms with Crippen LogP contribution < -0.4 is 0 Å². The highest BCUT2D eigenvalue weighted by molar-refractivity contribution is 5.38. The van der Waals surface area contributed by atoms with Crippen LogP contribution in [0.4, 0.5) is 0 Å². The molecule has 1 heterocycles. The van der Waals surface area contributed by atoms with Gasteiger partial charge >= 0.3 is 0 Å². The number of nitrogens with zero attached hydrogens (tertiary/aromatic N) is 2. The first kappa shape index (κ1) is 29.5. The summed E-state index contributed by atoms with van der Waals surface area (Å²) in [5.74, 6) is 2.78. The molecule has 220 valence electrons. The normalized spacial score (nSPS) is 35.4. The Labute approximate surface area is 240 Å². The molecule has 6 heteroatoms. The van der Waals surface area contributed by atoms with E-state index in [1.807, 2.05) is 6.08 Å². The molecule has 4 aliphatic carbocycles. The van der Waals surface area contributed by atoms with Gasteiger partial charge in [0.2, 0.25) is 11.8 Å². The van der Waals surface area contributed by atoms with E-state index < -0.39 is 23.7 Å². The van der Waals surface area contributed by atoms with Crippen LogP contribution in [0.2, 0.25) is 0 Å². The van der Waals surface area contributed by atoms with Crippen LogP contribution in [0, 0.1) is 23.2 Å². The summed E-state index contributed by atoms with van der Waals surface area (Å²) in [6.07, 6.45) is 19.7. The van der Waals surface area contributed by atoms with Crippen molar-refractivity contribution in [2.24, 2.45) is 23.2 Å². The maximum atomic E-state index is 11.2. The molecule has 1 aromatic heterocycles. The van der Waals surface area contributed by atoms with Gasteiger partial charge < -0.3 is 19.7 Å². The molecule has 4 saturated carbocycles. The van der Waals surface area contributed by atoms with E-state index in [2.05, 4.69) is 55.8 Å². The van der Waals surface area contributed by atoms with Crippen molar-refractivity contribution >= 4 is 0 Å². The minimum absolute atomic E-state index is 0.233. The van der Waals surface area contributed by atoms with Crippen molar-refractivity contribution in [1.82, 2.24) is 10.2 Å². The Balaban J connectivity index is 1.24. The standard InChI is InChI=1S/C34H50N2O4/c1-5-6-7-10-31-35-36-32(40-31)34(18-19-34)30(39)16-11-22(2)27-14-15-28-24(9-8-17-33(27,28)4)12-13-25-20-26(37)21-29(38)23(25)3/h11-13,16,22,26-30,37-39H,3,5-10,14-15,17-21H2,1-2,4H3/t22-,26-,27-,28+,29+,30-,33-/m1/s1. The van der Waals surface area contributed by atoms with Gasteiger partial charge in [0.15, 0.2) is 0 Å². The summed E-state index contributed by atoms with van der Waals surface area (Å²) in [6, 6.07) is 0. The summed E-state index contributed by atoms with van der Waals surface area (Å²) >= 11 is 0. The summed E-state index contributed by atoms with van der Waals surface area (Å²) < 4.78 is 6.01. The summed E-state index contributed by atoms with van der Waals surface area (Å²) in [4.78, 5) is 0. The average molecular weight is 551 g/mol. The van der Waals surface area contributed by atoms with Gasteiger partial charge in [0, 0.05) is 12.8 Å². The molecule has 0 radical (unpaired) electrons. The molecule has 0 spiro atoms. The van der Waals surface area contributed by atoms with E-state index in [-0.39, 0.29) is 5.41 Å². The molecule has 40 heavy (non-hydrogen) atoms. The first-order valence-electron chi connectivity index (χ1n) is 15.8. The lowest BCUT2D eigenvalue weighted by molar-refractivity contribution is 0.0862. The number of aryl methyl sites for hydroxylation is 1. The van der Waals surface area contributed by atoms with Gasteiger partial charge in [-0.25, -0.2) is 0 Å². The van der Waals surface area contributed by atoms with Crippen molar-refractivity contribution in [3.05, 3.63) is 59.4 Å². The van der Waals surface area contributed by atoms with Crippen LogP contribution in [-0.2, 0) is 11.8 Å². The van der Waals surface area contributed by atoms with Gasteiger partial charge in [-0.15, -0.1) is 10.2 Å². The molecule has 0 unspecified atom stereocenters. The van der Waals surface area contributed by atoms with Crippen molar-refractivity contribution < 1.29 is 19.7 Å². The fraction of sp³-hybridized carbons (Fsp3) is 0.706. The Hall–Kier alpha value is -2.02. The second-order valence-corrected chi connectivity index (χ2v) is 13.5. The van der Waals surface area contributed by atoms with Crippen molar-refractivity contribution in [2.75, 3.05) is 0 Å². The van der Waals surface area contributed by atoms with Crippen molar-refractivity contribution in [3.63, 3.8) is 0 Å². The van der Waals surface area contributed by atoms with E-state index in [4.69, 9.17) is 4.42 Å². The summed E-state index contributed by atoms with van der Waals surface area (Å²) in [5.41, 5.74) is 3.06. The molecular weight excluding hydrogens is 500 g/mol. The molecule has 0 amide bonds. The number of aromatic nitrogens is 2. The van der Waals surface area contributed by atoms with E-state index in [1.54, 1.807) is 0 Å². The number of aliphatic hydroxyl groups excluding tert-OH is 3. The average Bonchev–Trinajstić information content (AvgIpc) is 3.46. The van der Waals surface area contributed by atoms with E-state index in [9.17, 15) is 15.3 Å². The van der Waals surface area contributed by atoms with Gasteiger partial charge in [0.1, 0.15) is 0 Å². The minimum atomic E-state index is -0.647. The molecule has 0 aliphatic heterocycles. The lowest BCUT2D eigenvalue weighted by atomic mass is 9.61. The van der Waals surface area contributed by atoms with E-state index in [1.165, 1.54) is 31.3 Å². The topological polar surface area (TPSA) is 99.6 Å². The Morgan fingerprint density at radius 1 is 1.10 bits per heavy atom. The number of hydrogen-bond donors (Lipinski definition) is 3. The van der Waals surface area contributed by atoms with Crippen LogP contribution >= 0.6 is 0 Å². The predicted molar refractivity (Wildman–Crippen MR) is 157 cm³/mol. The van der Waals surface area contributed by atoms with Gasteiger partial charge in [0.05, 0.1) is 23.7 Å². The summed E-state index contributed by atoms with van der Waals surface area (Å²) in [6.45, 7) is 11.1. The molecule has 0 saturated heterocycles. The zero-order valence-corrected chi connectivity index (χ0v) is 24.8. The Morgan fingerprint density at radius 2 is 1.90 bits per heavy atom. The van der Waals surface area contributed by atoms with Crippen LogP contribution in [0.15, 0.2) is 52.0 Å².